The molecule has 132 valence electrons. The Morgan fingerprint density at radius 3 is 2.48 bits per heavy atom. The van der Waals surface area contributed by atoms with Crippen molar-refractivity contribution in [3.63, 3.8) is 0 Å². The summed E-state index contributed by atoms with van der Waals surface area (Å²) in [5, 5.41) is 11.1. The number of anilines is 1. The molecule has 0 radical (unpaired) electrons. The third-order valence-electron chi connectivity index (χ3n) is 4.03. The topological polar surface area (TPSA) is 110 Å². The Balaban J connectivity index is 1.69. The highest BCUT2D eigenvalue weighted by Gasteiger charge is 2.29. The van der Waals surface area contributed by atoms with E-state index in [9.17, 15) is 18.5 Å². The molecule has 1 aliphatic heterocycles. The average molecular weight is 363 g/mol. The first-order valence-electron chi connectivity index (χ1n) is 7.68. The van der Waals surface area contributed by atoms with Gasteiger partial charge in [-0.1, -0.05) is 18.2 Å². The standard InChI is InChI=1S/C15H17N5O4S/c21-20(22)14-4-2-1-3-13(14)12-25(23,24)19-9-7-18(8-10-19)15-11-16-5-6-17-15/h1-6,11H,7-10,12H2. The second-order valence-corrected chi connectivity index (χ2v) is 7.56. The highest BCUT2D eigenvalue weighted by molar-refractivity contribution is 7.88. The van der Waals surface area contributed by atoms with Crippen molar-refractivity contribution >= 4 is 21.5 Å². The molecule has 1 saturated heterocycles. The molecule has 2 heterocycles. The van der Waals surface area contributed by atoms with Crippen LogP contribution in [0, 0.1) is 10.1 Å². The lowest BCUT2D eigenvalue weighted by Crippen LogP contribution is -2.49. The summed E-state index contributed by atoms with van der Waals surface area (Å²) in [7, 11) is -3.63. The van der Waals surface area contributed by atoms with E-state index in [0.717, 1.165) is 0 Å². The third-order valence-corrected chi connectivity index (χ3v) is 5.86. The van der Waals surface area contributed by atoms with Gasteiger partial charge in [0, 0.05) is 50.2 Å². The molecule has 1 aromatic carbocycles. The molecule has 2 aromatic rings. The highest BCUT2D eigenvalue weighted by Crippen LogP contribution is 2.22. The summed E-state index contributed by atoms with van der Waals surface area (Å²) in [6.07, 6.45) is 4.81. The smallest absolute Gasteiger partial charge is 0.273 e. The number of sulfonamides is 1. The maximum Gasteiger partial charge on any atom is 0.273 e. The molecule has 0 bridgehead atoms. The van der Waals surface area contributed by atoms with E-state index in [1.165, 1.54) is 22.5 Å². The Hall–Kier alpha value is -2.59. The van der Waals surface area contributed by atoms with E-state index < -0.39 is 14.9 Å². The second-order valence-electron chi connectivity index (χ2n) is 5.59. The van der Waals surface area contributed by atoms with Crippen molar-refractivity contribution in [1.29, 1.82) is 0 Å². The van der Waals surface area contributed by atoms with Crippen LogP contribution in [-0.2, 0) is 15.8 Å². The van der Waals surface area contributed by atoms with E-state index in [2.05, 4.69) is 9.97 Å². The molecule has 0 N–H and O–H groups in total. The quantitative estimate of drug-likeness (QED) is 0.576. The number of hydrogen-bond acceptors (Lipinski definition) is 7. The number of hydrogen-bond donors (Lipinski definition) is 0. The van der Waals surface area contributed by atoms with Crippen molar-refractivity contribution in [1.82, 2.24) is 14.3 Å². The van der Waals surface area contributed by atoms with Gasteiger partial charge in [0.1, 0.15) is 5.82 Å². The monoisotopic (exact) mass is 363 g/mol. The summed E-state index contributed by atoms with van der Waals surface area (Å²) < 4.78 is 26.6. The molecule has 0 unspecified atom stereocenters. The minimum atomic E-state index is -3.63. The summed E-state index contributed by atoms with van der Waals surface area (Å²) >= 11 is 0. The van der Waals surface area contributed by atoms with Crippen LogP contribution in [0.5, 0.6) is 0 Å². The minimum absolute atomic E-state index is 0.177. The Morgan fingerprint density at radius 1 is 1.12 bits per heavy atom. The van der Waals surface area contributed by atoms with Crippen LogP contribution in [0.2, 0.25) is 0 Å². The van der Waals surface area contributed by atoms with Crippen molar-refractivity contribution in [3.8, 4) is 0 Å². The molecular formula is C15H17N5O4S. The first-order chi connectivity index (χ1) is 12.0. The molecular weight excluding hydrogens is 346 g/mol. The Bertz CT molecular complexity index is 851. The molecule has 3 rings (SSSR count). The van der Waals surface area contributed by atoms with Crippen molar-refractivity contribution in [2.24, 2.45) is 0 Å². The van der Waals surface area contributed by atoms with Crippen LogP contribution < -0.4 is 4.90 Å². The fourth-order valence-corrected chi connectivity index (χ4v) is 4.29. The molecule has 0 atom stereocenters. The van der Waals surface area contributed by atoms with Gasteiger partial charge in [-0.2, -0.15) is 4.31 Å². The first kappa shape index (κ1) is 17.2. The zero-order valence-corrected chi connectivity index (χ0v) is 14.2. The van der Waals surface area contributed by atoms with Gasteiger partial charge in [0.05, 0.1) is 16.9 Å². The predicted molar refractivity (Wildman–Crippen MR) is 91.5 cm³/mol. The SMILES string of the molecule is O=[N+]([O-])c1ccccc1CS(=O)(=O)N1CCN(c2cnccn2)CC1. The lowest BCUT2D eigenvalue weighted by molar-refractivity contribution is -0.385. The lowest BCUT2D eigenvalue weighted by Gasteiger charge is -2.34. The minimum Gasteiger partial charge on any atom is -0.353 e. The lowest BCUT2D eigenvalue weighted by atomic mass is 10.2. The number of aromatic nitrogens is 2. The molecule has 0 aliphatic carbocycles. The van der Waals surface area contributed by atoms with Crippen LogP contribution in [0.4, 0.5) is 11.5 Å². The van der Waals surface area contributed by atoms with Crippen molar-refractivity contribution in [2.75, 3.05) is 31.1 Å². The van der Waals surface area contributed by atoms with E-state index in [1.807, 2.05) is 4.90 Å². The van der Waals surface area contributed by atoms with Crippen molar-refractivity contribution < 1.29 is 13.3 Å². The summed E-state index contributed by atoms with van der Waals surface area (Å²) in [6.45, 7) is 1.60. The van der Waals surface area contributed by atoms with Crippen LogP contribution in [0.25, 0.3) is 0 Å². The van der Waals surface area contributed by atoms with Crippen LogP contribution >= 0.6 is 0 Å². The number of benzene rings is 1. The summed E-state index contributed by atoms with van der Waals surface area (Å²) in [5.74, 6) is 0.327. The highest BCUT2D eigenvalue weighted by atomic mass is 32.2. The molecule has 0 spiro atoms. The van der Waals surface area contributed by atoms with Gasteiger partial charge in [0.15, 0.2) is 0 Å². The maximum atomic E-state index is 12.6. The van der Waals surface area contributed by atoms with Gasteiger partial charge in [-0.15, -0.1) is 0 Å². The number of rotatable bonds is 5. The number of nitrogens with zero attached hydrogens (tertiary/aromatic N) is 5. The van der Waals surface area contributed by atoms with Gasteiger partial charge in [-0.05, 0) is 0 Å². The van der Waals surface area contributed by atoms with E-state index in [4.69, 9.17) is 0 Å². The molecule has 0 saturated carbocycles. The largest absolute Gasteiger partial charge is 0.353 e. The molecule has 25 heavy (non-hydrogen) atoms. The zero-order chi connectivity index (χ0) is 17.9. The van der Waals surface area contributed by atoms with Crippen LogP contribution in [0.1, 0.15) is 5.56 Å². The summed E-state index contributed by atoms with van der Waals surface area (Å²) in [4.78, 5) is 20.7. The Labute approximate surface area is 145 Å². The van der Waals surface area contributed by atoms with Crippen LogP contribution in [0.15, 0.2) is 42.9 Å². The Kier molecular flexibility index (Phi) is 4.91. The molecule has 0 amide bonds. The normalized spacial score (nSPS) is 15.9. The zero-order valence-electron chi connectivity index (χ0n) is 13.4. The van der Waals surface area contributed by atoms with E-state index in [0.29, 0.717) is 32.0 Å². The molecule has 1 fully saturated rings. The fraction of sp³-hybridized carbons (Fsp3) is 0.333. The van der Waals surface area contributed by atoms with Crippen LogP contribution in [0.3, 0.4) is 0 Å². The molecule has 9 nitrogen and oxygen atoms in total. The Morgan fingerprint density at radius 2 is 1.84 bits per heavy atom. The van der Waals surface area contributed by atoms with Gasteiger partial charge in [0.2, 0.25) is 10.0 Å². The van der Waals surface area contributed by atoms with Crippen LogP contribution in [-0.4, -0.2) is 53.8 Å². The van der Waals surface area contributed by atoms with Gasteiger partial charge < -0.3 is 4.90 Å². The molecule has 10 heteroatoms. The maximum absolute atomic E-state index is 12.6. The number of para-hydroxylation sites is 1. The second kappa shape index (κ2) is 7.11. The molecule has 1 aliphatic rings. The summed E-state index contributed by atoms with van der Waals surface area (Å²) in [5.41, 5.74) is 0.0214. The number of nitro groups is 1. The summed E-state index contributed by atoms with van der Waals surface area (Å²) in [6, 6.07) is 5.92. The predicted octanol–water partition coefficient (Wildman–Crippen LogP) is 1.04. The van der Waals surface area contributed by atoms with E-state index >= 15 is 0 Å². The number of nitro benzene ring substituents is 1. The van der Waals surface area contributed by atoms with E-state index in [1.54, 1.807) is 24.7 Å². The first-order valence-corrected chi connectivity index (χ1v) is 9.29. The number of piperazine rings is 1. The van der Waals surface area contributed by atoms with Crippen molar-refractivity contribution in [2.45, 2.75) is 5.75 Å². The van der Waals surface area contributed by atoms with Gasteiger partial charge in [-0.25, -0.2) is 13.4 Å². The van der Waals surface area contributed by atoms with Gasteiger partial charge in [0.25, 0.3) is 5.69 Å². The van der Waals surface area contributed by atoms with Crippen molar-refractivity contribution in [3.05, 3.63) is 58.5 Å². The van der Waals surface area contributed by atoms with Gasteiger partial charge in [-0.3, -0.25) is 15.1 Å². The third kappa shape index (κ3) is 3.91. The fourth-order valence-electron chi connectivity index (χ4n) is 2.75. The van der Waals surface area contributed by atoms with Gasteiger partial charge >= 0.3 is 0 Å². The molecule has 1 aromatic heterocycles. The average Bonchev–Trinajstić information content (AvgIpc) is 2.62. The van der Waals surface area contributed by atoms with E-state index in [-0.39, 0.29) is 17.0 Å².